The summed E-state index contributed by atoms with van der Waals surface area (Å²) in [6.07, 6.45) is 5.44. The van der Waals surface area contributed by atoms with Crippen molar-refractivity contribution < 1.29 is 9.53 Å². The summed E-state index contributed by atoms with van der Waals surface area (Å²) in [5, 5.41) is 2.97. The van der Waals surface area contributed by atoms with Crippen LogP contribution in [0.2, 0.25) is 0 Å². The van der Waals surface area contributed by atoms with Gasteiger partial charge in [0.2, 0.25) is 0 Å². The van der Waals surface area contributed by atoms with Crippen molar-refractivity contribution in [1.82, 2.24) is 9.88 Å². The van der Waals surface area contributed by atoms with Crippen molar-refractivity contribution in [2.24, 2.45) is 0 Å². The van der Waals surface area contributed by atoms with Crippen LogP contribution in [0.25, 0.3) is 11.1 Å². The fourth-order valence-electron chi connectivity index (χ4n) is 3.18. The number of hydrogen-bond acceptors (Lipinski definition) is 4. The first-order valence-corrected chi connectivity index (χ1v) is 9.70. The highest BCUT2D eigenvalue weighted by Gasteiger charge is 2.11. The SMILES string of the molecule is COc1ccc(C(=O)Nc2ccc(-c3cccnc3)cc2)cc1CCCN(C)C. The number of nitrogens with zero attached hydrogens (tertiary/aromatic N) is 2. The quantitative estimate of drug-likeness (QED) is 0.616. The molecular formula is C24H27N3O2. The lowest BCUT2D eigenvalue weighted by molar-refractivity contribution is 0.102. The number of aryl methyl sites for hydroxylation is 1. The molecule has 5 nitrogen and oxygen atoms in total. The molecule has 0 aliphatic rings. The first-order chi connectivity index (χ1) is 14.1. The van der Waals surface area contributed by atoms with Gasteiger partial charge in [0.1, 0.15) is 5.75 Å². The highest BCUT2D eigenvalue weighted by atomic mass is 16.5. The van der Waals surface area contributed by atoms with Crippen LogP contribution in [0.1, 0.15) is 22.3 Å². The molecule has 3 rings (SSSR count). The maximum Gasteiger partial charge on any atom is 0.255 e. The Bertz CT molecular complexity index is 938. The molecule has 150 valence electrons. The molecule has 0 saturated heterocycles. The number of ether oxygens (including phenoxy) is 1. The number of methoxy groups -OCH3 is 1. The fourth-order valence-corrected chi connectivity index (χ4v) is 3.18. The molecule has 1 N–H and O–H groups in total. The van der Waals surface area contributed by atoms with Crippen LogP contribution >= 0.6 is 0 Å². The van der Waals surface area contributed by atoms with E-state index in [0.717, 1.165) is 47.5 Å². The highest BCUT2D eigenvalue weighted by molar-refractivity contribution is 6.04. The maximum atomic E-state index is 12.7. The molecule has 0 bridgehead atoms. The van der Waals surface area contributed by atoms with Crippen LogP contribution in [-0.4, -0.2) is 43.5 Å². The van der Waals surface area contributed by atoms with Gasteiger partial charge in [-0.25, -0.2) is 0 Å². The van der Waals surface area contributed by atoms with E-state index in [1.807, 2.05) is 54.7 Å². The predicted molar refractivity (Wildman–Crippen MR) is 117 cm³/mol. The van der Waals surface area contributed by atoms with Crippen LogP contribution in [0.15, 0.2) is 67.0 Å². The number of pyridine rings is 1. The maximum absolute atomic E-state index is 12.7. The van der Waals surface area contributed by atoms with Crippen LogP contribution < -0.4 is 10.1 Å². The summed E-state index contributed by atoms with van der Waals surface area (Å²) in [5.41, 5.74) is 4.54. The van der Waals surface area contributed by atoms with Crippen LogP contribution in [0.5, 0.6) is 5.75 Å². The zero-order valence-electron chi connectivity index (χ0n) is 17.2. The number of rotatable bonds is 8. The van der Waals surface area contributed by atoms with E-state index in [-0.39, 0.29) is 5.91 Å². The van der Waals surface area contributed by atoms with Gasteiger partial charge in [0.15, 0.2) is 0 Å². The van der Waals surface area contributed by atoms with Crippen molar-refractivity contribution in [3.8, 4) is 16.9 Å². The number of amides is 1. The van der Waals surface area contributed by atoms with Gasteiger partial charge in [-0.3, -0.25) is 9.78 Å². The van der Waals surface area contributed by atoms with Gasteiger partial charge in [-0.15, -0.1) is 0 Å². The molecule has 0 aliphatic heterocycles. The number of benzene rings is 2. The first-order valence-electron chi connectivity index (χ1n) is 9.70. The largest absolute Gasteiger partial charge is 0.496 e. The monoisotopic (exact) mass is 389 g/mol. The molecular weight excluding hydrogens is 362 g/mol. The summed E-state index contributed by atoms with van der Waals surface area (Å²) in [6, 6.07) is 17.3. The van der Waals surface area contributed by atoms with E-state index in [1.165, 1.54) is 0 Å². The van der Waals surface area contributed by atoms with Gasteiger partial charge in [0.25, 0.3) is 5.91 Å². The lowest BCUT2D eigenvalue weighted by Crippen LogP contribution is -2.14. The summed E-state index contributed by atoms with van der Waals surface area (Å²) in [6.45, 7) is 0.989. The van der Waals surface area contributed by atoms with Gasteiger partial charge in [0.05, 0.1) is 7.11 Å². The Morgan fingerprint density at radius 2 is 1.86 bits per heavy atom. The highest BCUT2D eigenvalue weighted by Crippen LogP contribution is 2.23. The second-order valence-corrected chi connectivity index (χ2v) is 7.21. The molecule has 0 radical (unpaired) electrons. The third-order valence-electron chi connectivity index (χ3n) is 4.73. The van der Waals surface area contributed by atoms with Crippen molar-refractivity contribution in [1.29, 1.82) is 0 Å². The molecule has 3 aromatic rings. The predicted octanol–water partition coefficient (Wildman–Crippen LogP) is 4.50. The van der Waals surface area contributed by atoms with Gasteiger partial charge >= 0.3 is 0 Å². The molecule has 0 fully saturated rings. The molecule has 5 heteroatoms. The van der Waals surface area contributed by atoms with Gasteiger partial charge < -0.3 is 15.0 Å². The molecule has 1 heterocycles. The number of carbonyl (C=O) groups is 1. The second-order valence-electron chi connectivity index (χ2n) is 7.21. The van der Waals surface area contributed by atoms with Crippen molar-refractivity contribution in [2.45, 2.75) is 12.8 Å². The average molecular weight is 389 g/mol. The number of carbonyl (C=O) groups excluding carboxylic acids is 1. The summed E-state index contributed by atoms with van der Waals surface area (Å²) < 4.78 is 5.46. The normalized spacial score (nSPS) is 10.8. The fraction of sp³-hybridized carbons (Fsp3) is 0.250. The van der Waals surface area contributed by atoms with Crippen molar-refractivity contribution in [3.63, 3.8) is 0 Å². The number of hydrogen-bond donors (Lipinski definition) is 1. The van der Waals surface area contributed by atoms with Gasteiger partial charge in [-0.1, -0.05) is 18.2 Å². The van der Waals surface area contributed by atoms with Crippen LogP contribution in [0.3, 0.4) is 0 Å². The molecule has 29 heavy (non-hydrogen) atoms. The Balaban J connectivity index is 1.70. The summed E-state index contributed by atoms with van der Waals surface area (Å²) in [7, 11) is 5.77. The minimum absolute atomic E-state index is 0.129. The molecule has 0 spiro atoms. The minimum atomic E-state index is -0.129. The third-order valence-corrected chi connectivity index (χ3v) is 4.73. The van der Waals surface area contributed by atoms with Crippen LogP contribution in [0.4, 0.5) is 5.69 Å². The Hall–Kier alpha value is -3.18. The van der Waals surface area contributed by atoms with E-state index >= 15 is 0 Å². The Morgan fingerprint density at radius 3 is 2.52 bits per heavy atom. The minimum Gasteiger partial charge on any atom is -0.496 e. The Labute approximate surface area is 172 Å². The molecule has 0 unspecified atom stereocenters. The van der Waals surface area contributed by atoms with Crippen LogP contribution in [0, 0.1) is 0 Å². The van der Waals surface area contributed by atoms with E-state index < -0.39 is 0 Å². The Morgan fingerprint density at radius 1 is 1.07 bits per heavy atom. The zero-order valence-corrected chi connectivity index (χ0v) is 17.2. The summed E-state index contributed by atoms with van der Waals surface area (Å²) in [4.78, 5) is 19.0. The van der Waals surface area contributed by atoms with Crippen molar-refractivity contribution in [2.75, 3.05) is 33.1 Å². The Kier molecular flexibility index (Phi) is 6.98. The zero-order chi connectivity index (χ0) is 20.6. The van der Waals surface area contributed by atoms with Gasteiger partial charge in [-0.2, -0.15) is 0 Å². The molecule has 2 aromatic carbocycles. The molecule has 0 aliphatic carbocycles. The second kappa shape index (κ2) is 9.85. The lowest BCUT2D eigenvalue weighted by Gasteiger charge is -2.13. The average Bonchev–Trinajstić information content (AvgIpc) is 2.74. The van der Waals surface area contributed by atoms with E-state index in [9.17, 15) is 4.79 Å². The van der Waals surface area contributed by atoms with E-state index in [0.29, 0.717) is 5.56 Å². The van der Waals surface area contributed by atoms with E-state index in [1.54, 1.807) is 19.4 Å². The molecule has 0 atom stereocenters. The number of aromatic nitrogens is 1. The molecule has 1 amide bonds. The summed E-state index contributed by atoms with van der Waals surface area (Å²) >= 11 is 0. The van der Waals surface area contributed by atoms with Crippen molar-refractivity contribution >= 4 is 11.6 Å². The number of nitrogens with one attached hydrogen (secondary N) is 1. The van der Waals surface area contributed by atoms with Gasteiger partial charge in [-0.05, 0) is 86.6 Å². The summed E-state index contributed by atoms with van der Waals surface area (Å²) in [5.74, 6) is 0.691. The molecule has 1 aromatic heterocycles. The van der Waals surface area contributed by atoms with E-state index in [4.69, 9.17) is 4.74 Å². The number of anilines is 1. The van der Waals surface area contributed by atoms with Crippen LogP contribution in [-0.2, 0) is 6.42 Å². The van der Waals surface area contributed by atoms with Crippen molar-refractivity contribution in [3.05, 3.63) is 78.1 Å². The standard InChI is InChI=1S/C24H27N3O2/c1-27(2)15-5-7-19-16-20(10-13-23(19)29-3)24(28)26-22-11-8-18(9-12-22)21-6-4-14-25-17-21/h4,6,8-14,16-17H,5,7,15H2,1-3H3,(H,26,28). The topological polar surface area (TPSA) is 54.5 Å². The van der Waals surface area contributed by atoms with Gasteiger partial charge in [0, 0.05) is 23.6 Å². The lowest BCUT2D eigenvalue weighted by atomic mass is 10.0. The first kappa shape index (κ1) is 20.6. The van der Waals surface area contributed by atoms with E-state index in [2.05, 4.69) is 29.3 Å². The third kappa shape index (κ3) is 5.65. The smallest absolute Gasteiger partial charge is 0.255 e. The molecule has 0 saturated carbocycles.